The van der Waals surface area contributed by atoms with Gasteiger partial charge in [-0.2, -0.15) is 0 Å². The van der Waals surface area contributed by atoms with E-state index in [0.717, 1.165) is 51.4 Å². The van der Waals surface area contributed by atoms with Crippen LogP contribution in [-0.2, 0) is 6.54 Å². The van der Waals surface area contributed by atoms with Gasteiger partial charge in [0.25, 0.3) is 11.2 Å². The van der Waals surface area contributed by atoms with Crippen molar-refractivity contribution in [2.24, 2.45) is 0 Å². The number of rotatable bonds is 14. The van der Waals surface area contributed by atoms with Gasteiger partial charge in [-0.1, -0.05) is 52.9 Å². The fourth-order valence-corrected chi connectivity index (χ4v) is 3.33. The van der Waals surface area contributed by atoms with Crippen LogP contribution in [0.1, 0.15) is 72.1 Å². The molecule has 7 heteroatoms. The standard InChI is InChI=1S/C23H34N2O5/c1-4-7-10-11-16-29-21-19-13-12-18(25(27)28)17-20(19)24(14-8-5-2)23(26)22(21)30-15-9-6-3/h12-13,17H,4-11,14-16H2,1-3H3. The van der Waals surface area contributed by atoms with Crippen molar-refractivity contribution in [2.75, 3.05) is 13.2 Å². The Bertz CT molecular complexity index is 891. The highest BCUT2D eigenvalue weighted by atomic mass is 16.6. The Morgan fingerprint density at radius 3 is 2.23 bits per heavy atom. The van der Waals surface area contributed by atoms with Crippen LogP contribution in [0.2, 0.25) is 0 Å². The number of pyridine rings is 1. The van der Waals surface area contributed by atoms with Gasteiger partial charge in [0.2, 0.25) is 5.75 Å². The molecule has 30 heavy (non-hydrogen) atoms. The van der Waals surface area contributed by atoms with E-state index in [-0.39, 0.29) is 17.0 Å². The average molecular weight is 419 g/mol. The summed E-state index contributed by atoms with van der Waals surface area (Å²) >= 11 is 0. The third-order valence-corrected chi connectivity index (χ3v) is 5.10. The van der Waals surface area contributed by atoms with Crippen molar-refractivity contribution in [3.63, 3.8) is 0 Å². The molecular formula is C23H34N2O5. The average Bonchev–Trinajstić information content (AvgIpc) is 2.74. The maximum atomic E-state index is 13.3. The van der Waals surface area contributed by atoms with Crippen LogP contribution in [0.3, 0.4) is 0 Å². The van der Waals surface area contributed by atoms with E-state index in [1.54, 1.807) is 10.6 Å². The third-order valence-electron chi connectivity index (χ3n) is 5.10. The summed E-state index contributed by atoms with van der Waals surface area (Å²) in [6.07, 6.45) is 7.70. The second kappa shape index (κ2) is 12.2. The first-order chi connectivity index (χ1) is 14.5. The number of aromatic nitrogens is 1. The lowest BCUT2D eigenvalue weighted by Gasteiger charge is -2.18. The number of nitro groups is 1. The summed E-state index contributed by atoms with van der Waals surface area (Å²) in [4.78, 5) is 24.2. The van der Waals surface area contributed by atoms with E-state index >= 15 is 0 Å². The van der Waals surface area contributed by atoms with Crippen LogP contribution in [-0.4, -0.2) is 22.7 Å². The molecule has 0 saturated carbocycles. The molecule has 0 aliphatic carbocycles. The maximum absolute atomic E-state index is 13.3. The summed E-state index contributed by atoms with van der Waals surface area (Å²) in [5.74, 6) is 0.627. The van der Waals surface area contributed by atoms with Gasteiger partial charge in [0.1, 0.15) is 0 Å². The van der Waals surface area contributed by atoms with Gasteiger partial charge in [-0.15, -0.1) is 0 Å². The maximum Gasteiger partial charge on any atom is 0.297 e. The van der Waals surface area contributed by atoms with Crippen molar-refractivity contribution in [3.8, 4) is 11.5 Å². The second-order valence-corrected chi connectivity index (χ2v) is 7.54. The summed E-state index contributed by atoms with van der Waals surface area (Å²) in [5, 5.41) is 12.0. The molecule has 2 rings (SSSR count). The number of hydrogen-bond donors (Lipinski definition) is 0. The summed E-state index contributed by atoms with van der Waals surface area (Å²) in [5.41, 5.74) is 0.200. The zero-order valence-corrected chi connectivity index (χ0v) is 18.4. The van der Waals surface area contributed by atoms with Crippen LogP contribution < -0.4 is 15.0 Å². The summed E-state index contributed by atoms with van der Waals surface area (Å²) < 4.78 is 13.6. The molecule has 0 saturated heterocycles. The van der Waals surface area contributed by atoms with Crippen LogP contribution in [0.15, 0.2) is 23.0 Å². The summed E-state index contributed by atoms with van der Waals surface area (Å²) in [6, 6.07) is 4.59. The second-order valence-electron chi connectivity index (χ2n) is 7.54. The molecular weight excluding hydrogens is 384 g/mol. The zero-order chi connectivity index (χ0) is 21.9. The van der Waals surface area contributed by atoms with E-state index in [1.165, 1.54) is 12.1 Å². The minimum atomic E-state index is -0.439. The Balaban J connectivity index is 2.57. The first-order valence-electron chi connectivity index (χ1n) is 11.2. The molecule has 0 fully saturated rings. The van der Waals surface area contributed by atoms with E-state index in [0.29, 0.717) is 36.4 Å². The lowest BCUT2D eigenvalue weighted by molar-refractivity contribution is -0.384. The first-order valence-corrected chi connectivity index (χ1v) is 11.2. The number of benzene rings is 1. The first kappa shape index (κ1) is 23.7. The van der Waals surface area contributed by atoms with Gasteiger partial charge in [-0.3, -0.25) is 14.9 Å². The van der Waals surface area contributed by atoms with Gasteiger partial charge in [-0.05, 0) is 25.3 Å². The zero-order valence-electron chi connectivity index (χ0n) is 18.4. The minimum absolute atomic E-state index is 0.0410. The van der Waals surface area contributed by atoms with Crippen LogP contribution in [0.5, 0.6) is 11.5 Å². The smallest absolute Gasteiger partial charge is 0.297 e. The van der Waals surface area contributed by atoms with E-state index < -0.39 is 4.92 Å². The number of nitro benzene ring substituents is 1. The van der Waals surface area contributed by atoms with Gasteiger partial charge in [0.05, 0.1) is 23.7 Å². The molecule has 0 atom stereocenters. The Kier molecular flexibility index (Phi) is 9.64. The molecule has 1 aromatic carbocycles. The van der Waals surface area contributed by atoms with E-state index in [9.17, 15) is 14.9 Å². The number of aryl methyl sites for hydroxylation is 1. The van der Waals surface area contributed by atoms with Gasteiger partial charge < -0.3 is 14.0 Å². The third kappa shape index (κ3) is 5.97. The Morgan fingerprint density at radius 2 is 1.57 bits per heavy atom. The Hall–Kier alpha value is -2.57. The molecule has 1 heterocycles. The van der Waals surface area contributed by atoms with Crippen LogP contribution in [0.25, 0.3) is 10.9 Å². The van der Waals surface area contributed by atoms with Gasteiger partial charge in [0, 0.05) is 24.1 Å². The molecule has 0 spiro atoms. The van der Waals surface area contributed by atoms with Gasteiger partial charge >= 0.3 is 0 Å². The van der Waals surface area contributed by atoms with E-state index in [2.05, 4.69) is 13.8 Å². The van der Waals surface area contributed by atoms with Crippen molar-refractivity contribution in [1.82, 2.24) is 4.57 Å². The van der Waals surface area contributed by atoms with Crippen molar-refractivity contribution < 1.29 is 14.4 Å². The van der Waals surface area contributed by atoms with Crippen LogP contribution >= 0.6 is 0 Å². The molecule has 0 aliphatic rings. The lowest BCUT2D eigenvalue weighted by Crippen LogP contribution is -2.24. The van der Waals surface area contributed by atoms with Gasteiger partial charge in [0.15, 0.2) is 5.75 Å². The van der Waals surface area contributed by atoms with Crippen molar-refractivity contribution in [2.45, 2.75) is 78.7 Å². The fraction of sp³-hybridized carbons (Fsp3) is 0.609. The van der Waals surface area contributed by atoms with Crippen molar-refractivity contribution in [1.29, 1.82) is 0 Å². The molecule has 2 aromatic rings. The molecule has 166 valence electrons. The lowest BCUT2D eigenvalue weighted by atomic mass is 10.1. The largest absolute Gasteiger partial charge is 0.489 e. The van der Waals surface area contributed by atoms with Crippen LogP contribution in [0, 0.1) is 10.1 Å². The van der Waals surface area contributed by atoms with E-state index in [1.807, 2.05) is 6.92 Å². The van der Waals surface area contributed by atoms with E-state index in [4.69, 9.17) is 9.47 Å². The molecule has 0 unspecified atom stereocenters. The molecule has 0 aliphatic heterocycles. The Morgan fingerprint density at radius 1 is 0.900 bits per heavy atom. The molecule has 1 aromatic heterocycles. The Labute approximate surface area is 178 Å². The molecule has 0 radical (unpaired) electrons. The highest BCUT2D eigenvalue weighted by Crippen LogP contribution is 2.35. The number of ether oxygens (including phenoxy) is 2. The molecule has 0 N–H and O–H groups in total. The minimum Gasteiger partial charge on any atom is -0.489 e. The van der Waals surface area contributed by atoms with Crippen molar-refractivity contribution in [3.05, 3.63) is 38.7 Å². The monoisotopic (exact) mass is 418 g/mol. The SMILES string of the molecule is CCCCCCOc1c(OCCCC)c(=O)n(CCCC)c2cc([N+](=O)[O-])ccc12. The number of fused-ring (bicyclic) bond motifs is 1. The van der Waals surface area contributed by atoms with Crippen LogP contribution in [0.4, 0.5) is 5.69 Å². The highest BCUT2D eigenvalue weighted by Gasteiger charge is 2.21. The number of nitrogens with zero attached hydrogens (tertiary/aromatic N) is 2. The fourth-order valence-electron chi connectivity index (χ4n) is 3.33. The predicted octanol–water partition coefficient (Wildman–Crippen LogP) is 5.85. The van der Waals surface area contributed by atoms with Gasteiger partial charge in [-0.25, -0.2) is 0 Å². The highest BCUT2D eigenvalue weighted by molar-refractivity contribution is 5.89. The molecule has 0 bridgehead atoms. The summed E-state index contributed by atoms with van der Waals surface area (Å²) in [7, 11) is 0. The quantitative estimate of drug-likeness (QED) is 0.218. The topological polar surface area (TPSA) is 83.6 Å². The predicted molar refractivity (Wildman–Crippen MR) is 120 cm³/mol. The number of unbranched alkanes of at least 4 members (excludes halogenated alkanes) is 5. The summed E-state index contributed by atoms with van der Waals surface area (Å²) in [6.45, 7) is 7.65. The number of non-ortho nitro benzene ring substituents is 1. The molecule has 7 nitrogen and oxygen atoms in total. The normalized spacial score (nSPS) is 11.0. The number of hydrogen-bond acceptors (Lipinski definition) is 5. The molecule has 0 amide bonds. The van der Waals surface area contributed by atoms with Crippen molar-refractivity contribution >= 4 is 16.6 Å².